The van der Waals surface area contributed by atoms with E-state index in [0.717, 1.165) is 50.9 Å². The van der Waals surface area contributed by atoms with Gasteiger partial charge in [-0.2, -0.15) is 0 Å². The van der Waals surface area contributed by atoms with Crippen molar-refractivity contribution < 1.29 is 9.53 Å². The molecule has 21 heavy (non-hydrogen) atoms. The van der Waals surface area contributed by atoms with Gasteiger partial charge >= 0.3 is 0 Å². The zero-order valence-electron chi connectivity index (χ0n) is 12.7. The summed E-state index contributed by atoms with van der Waals surface area (Å²) in [5.41, 5.74) is 2.61. The molecule has 1 aliphatic carbocycles. The van der Waals surface area contributed by atoms with Gasteiger partial charge in [0.05, 0.1) is 0 Å². The highest BCUT2D eigenvalue weighted by Crippen LogP contribution is 2.37. The molecule has 0 saturated carbocycles. The molecule has 0 aromatic heterocycles. The molecular formula is C17H24N2O2. The Morgan fingerprint density at radius 3 is 3.10 bits per heavy atom. The molecule has 1 aliphatic heterocycles. The van der Waals surface area contributed by atoms with E-state index in [1.807, 2.05) is 12.1 Å². The molecule has 2 aliphatic rings. The number of hydrogen-bond acceptors (Lipinski definition) is 3. The molecule has 4 heteroatoms. The first-order chi connectivity index (χ1) is 10.3. The highest BCUT2D eigenvalue weighted by molar-refractivity contribution is 5.81. The van der Waals surface area contributed by atoms with Crippen molar-refractivity contribution in [3.63, 3.8) is 0 Å². The van der Waals surface area contributed by atoms with E-state index >= 15 is 0 Å². The van der Waals surface area contributed by atoms with Gasteiger partial charge < -0.3 is 15.4 Å². The van der Waals surface area contributed by atoms with E-state index in [4.69, 9.17) is 4.74 Å². The summed E-state index contributed by atoms with van der Waals surface area (Å²) in [6.45, 7) is 3.88. The number of carbonyl (C=O) groups is 1. The molecule has 4 nitrogen and oxygen atoms in total. The van der Waals surface area contributed by atoms with Gasteiger partial charge in [0.1, 0.15) is 5.75 Å². The molecular weight excluding hydrogens is 264 g/mol. The van der Waals surface area contributed by atoms with Gasteiger partial charge in [-0.15, -0.1) is 0 Å². The third kappa shape index (κ3) is 3.05. The Hall–Kier alpha value is -1.55. The summed E-state index contributed by atoms with van der Waals surface area (Å²) in [4.78, 5) is 12.0. The van der Waals surface area contributed by atoms with Crippen molar-refractivity contribution in [3.8, 4) is 5.75 Å². The molecule has 1 saturated heterocycles. The quantitative estimate of drug-likeness (QED) is 0.894. The molecule has 0 radical (unpaired) electrons. The zero-order chi connectivity index (χ0) is 14.7. The molecule has 1 aromatic carbocycles. The zero-order valence-corrected chi connectivity index (χ0v) is 12.7. The fraction of sp³-hybridized carbons (Fsp3) is 0.588. The predicted molar refractivity (Wildman–Crippen MR) is 82.5 cm³/mol. The number of hydrogen-bond donors (Lipinski definition) is 2. The summed E-state index contributed by atoms with van der Waals surface area (Å²) in [6.07, 6.45) is 4.70. The first kappa shape index (κ1) is 14.4. The lowest BCUT2D eigenvalue weighted by Gasteiger charge is -2.19. The molecule has 1 amide bonds. The van der Waals surface area contributed by atoms with Crippen LogP contribution >= 0.6 is 0 Å². The average Bonchev–Trinajstić information content (AvgIpc) is 2.79. The van der Waals surface area contributed by atoms with E-state index in [1.54, 1.807) is 0 Å². The number of rotatable bonds is 4. The monoisotopic (exact) mass is 288 g/mol. The molecule has 0 spiro atoms. The molecule has 2 atom stereocenters. The largest absolute Gasteiger partial charge is 0.480 e. The highest BCUT2D eigenvalue weighted by atomic mass is 16.5. The van der Waals surface area contributed by atoms with Gasteiger partial charge in [0.25, 0.3) is 5.91 Å². The predicted octanol–water partition coefficient (Wildman–Crippen LogP) is 2.33. The third-order valence-corrected chi connectivity index (χ3v) is 4.43. The van der Waals surface area contributed by atoms with Gasteiger partial charge in [0.2, 0.25) is 0 Å². The van der Waals surface area contributed by atoms with Crippen molar-refractivity contribution in [2.24, 2.45) is 0 Å². The van der Waals surface area contributed by atoms with Crippen LogP contribution in [-0.2, 0) is 11.2 Å². The van der Waals surface area contributed by atoms with Crippen molar-refractivity contribution in [1.82, 2.24) is 10.6 Å². The van der Waals surface area contributed by atoms with Gasteiger partial charge in [-0.3, -0.25) is 4.79 Å². The molecule has 2 N–H and O–H groups in total. The maximum atomic E-state index is 12.0. The van der Waals surface area contributed by atoms with E-state index in [1.165, 1.54) is 11.1 Å². The van der Waals surface area contributed by atoms with E-state index in [-0.39, 0.29) is 12.0 Å². The number of nitrogens with one attached hydrogen (secondary N) is 2. The fourth-order valence-corrected chi connectivity index (χ4v) is 3.37. The average molecular weight is 288 g/mol. The van der Waals surface area contributed by atoms with Crippen LogP contribution in [0.25, 0.3) is 0 Å². The molecule has 1 heterocycles. The lowest BCUT2D eigenvalue weighted by molar-refractivity contribution is -0.127. The SMILES string of the molecule is CCNC1CCc2c(OC3CCCCNC3=O)cccc21. The van der Waals surface area contributed by atoms with Crippen molar-refractivity contribution in [2.45, 2.75) is 51.2 Å². The van der Waals surface area contributed by atoms with Gasteiger partial charge in [0, 0.05) is 12.6 Å². The molecule has 3 rings (SSSR count). The van der Waals surface area contributed by atoms with Gasteiger partial charge in [-0.1, -0.05) is 19.1 Å². The summed E-state index contributed by atoms with van der Waals surface area (Å²) in [6, 6.07) is 6.65. The maximum absolute atomic E-state index is 12.0. The van der Waals surface area contributed by atoms with Crippen LogP contribution in [0.15, 0.2) is 18.2 Å². The maximum Gasteiger partial charge on any atom is 0.261 e. The minimum absolute atomic E-state index is 0.0336. The van der Waals surface area contributed by atoms with Crippen molar-refractivity contribution in [1.29, 1.82) is 0 Å². The van der Waals surface area contributed by atoms with Crippen LogP contribution in [0.5, 0.6) is 5.75 Å². The first-order valence-corrected chi connectivity index (χ1v) is 8.09. The van der Waals surface area contributed by atoms with E-state index < -0.39 is 0 Å². The summed E-state index contributed by atoms with van der Waals surface area (Å²) in [7, 11) is 0. The summed E-state index contributed by atoms with van der Waals surface area (Å²) in [5.74, 6) is 0.932. The Morgan fingerprint density at radius 1 is 1.33 bits per heavy atom. The van der Waals surface area contributed by atoms with Crippen LogP contribution < -0.4 is 15.4 Å². The number of carbonyl (C=O) groups excluding carboxylic acids is 1. The number of ether oxygens (including phenoxy) is 1. The second-order valence-electron chi connectivity index (χ2n) is 5.87. The Kier molecular flexibility index (Phi) is 4.44. The van der Waals surface area contributed by atoms with E-state index in [0.29, 0.717) is 6.04 Å². The number of fused-ring (bicyclic) bond motifs is 1. The summed E-state index contributed by atoms with van der Waals surface area (Å²) < 4.78 is 6.08. The lowest BCUT2D eigenvalue weighted by atomic mass is 10.1. The van der Waals surface area contributed by atoms with Crippen LogP contribution in [0.2, 0.25) is 0 Å². The van der Waals surface area contributed by atoms with E-state index in [2.05, 4.69) is 23.6 Å². The van der Waals surface area contributed by atoms with Gasteiger partial charge in [-0.25, -0.2) is 0 Å². The van der Waals surface area contributed by atoms with Crippen molar-refractivity contribution in [3.05, 3.63) is 29.3 Å². The minimum Gasteiger partial charge on any atom is -0.480 e. The molecule has 2 unspecified atom stereocenters. The number of amides is 1. The van der Waals surface area contributed by atoms with Crippen molar-refractivity contribution >= 4 is 5.91 Å². The Morgan fingerprint density at radius 2 is 2.24 bits per heavy atom. The number of benzene rings is 1. The smallest absolute Gasteiger partial charge is 0.261 e. The normalized spacial score (nSPS) is 25.1. The second-order valence-corrected chi connectivity index (χ2v) is 5.87. The van der Waals surface area contributed by atoms with Crippen LogP contribution in [0.1, 0.15) is 49.8 Å². The van der Waals surface area contributed by atoms with Crippen LogP contribution in [0, 0.1) is 0 Å². The molecule has 114 valence electrons. The summed E-state index contributed by atoms with van der Waals surface area (Å²) in [5, 5.41) is 6.45. The van der Waals surface area contributed by atoms with Crippen LogP contribution in [0.3, 0.4) is 0 Å². The van der Waals surface area contributed by atoms with Gasteiger partial charge in [-0.05, 0) is 55.8 Å². The van der Waals surface area contributed by atoms with Crippen LogP contribution in [-0.4, -0.2) is 25.1 Å². The molecule has 1 aromatic rings. The van der Waals surface area contributed by atoms with Gasteiger partial charge in [0.15, 0.2) is 6.10 Å². The minimum atomic E-state index is -0.336. The Labute approximate surface area is 126 Å². The molecule has 1 fully saturated rings. The lowest BCUT2D eigenvalue weighted by Crippen LogP contribution is -2.36. The summed E-state index contributed by atoms with van der Waals surface area (Å²) >= 11 is 0. The van der Waals surface area contributed by atoms with E-state index in [9.17, 15) is 4.79 Å². The molecule has 0 bridgehead atoms. The Bertz CT molecular complexity index is 516. The highest BCUT2D eigenvalue weighted by Gasteiger charge is 2.27. The topological polar surface area (TPSA) is 50.4 Å². The third-order valence-electron chi connectivity index (χ3n) is 4.43. The first-order valence-electron chi connectivity index (χ1n) is 8.09. The Balaban J connectivity index is 1.79. The second kappa shape index (κ2) is 6.48. The van der Waals surface area contributed by atoms with Crippen molar-refractivity contribution in [2.75, 3.05) is 13.1 Å². The fourth-order valence-electron chi connectivity index (χ4n) is 3.37. The van der Waals surface area contributed by atoms with Crippen LogP contribution in [0.4, 0.5) is 0 Å². The standard InChI is InChI=1S/C17H24N2O2/c1-2-18-14-10-9-13-12(14)6-5-8-15(13)21-16-7-3-4-11-19-17(16)20/h5-6,8,14,16,18H,2-4,7,9-11H2,1H3,(H,19,20).